The molecule has 4 rings (SSSR count). The van der Waals surface area contributed by atoms with Crippen LogP contribution in [0.4, 0.5) is 5.69 Å². The van der Waals surface area contributed by atoms with E-state index in [1.807, 2.05) is 6.26 Å². The number of aliphatic imine (C=N–C) groups is 1. The molecule has 0 spiro atoms. The van der Waals surface area contributed by atoms with Crippen LogP contribution in [0.2, 0.25) is 5.02 Å². The number of carbonyl (C=O) groups excluding carboxylic acids is 1. The van der Waals surface area contributed by atoms with Crippen molar-refractivity contribution in [3.63, 3.8) is 0 Å². The number of carbonyl (C=O) groups is 1. The van der Waals surface area contributed by atoms with Crippen LogP contribution < -0.4 is 9.47 Å². The second-order valence-electron chi connectivity index (χ2n) is 6.86. The number of rotatable bonds is 6. The Morgan fingerprint density at radius 2 is 2.06 bits per heavy atom. The third kappa shape index (κ3) is 4.65. The average Bonchev–Trinajstić information content (AvgIpc) is 3.23. The molecule has 13 heteroatoms. The molecule has 0 atom stereocenters. The molecule has 0 aliphatic carbocycles. The molecular weight excluding hydrogens is 502 g/mol. The number of nitro groups is 1. The predicted octanol–water partition coefficient (Wildman–Crippen LogP) is 4.78. The first-order valence-corrected chi connectivity index (χ1v) is 12.0. The second-order valence-corrected chi connectivity index (χ2v) is 8.77. The number of non-ortho nitro benzene ring substituents is 1. The number of fused-ring (bicyclic) bond motifs is 1. The quantitative estimate of drug-likeness (QED) is 0.251. The standard InChI is InChI=1S/C21H16ClN5O5S2/c1-31-16-9-12(7-14-18(23)26-20(24-19(14)28)34-25-21(26)33-2)8-15(22)17(16)32-10-11-3-5-13(6-4-11)27(29)30/h3-9,23H,10H2,1-2H3/b14-7-,23-18?. The zero-order valence-corrected chi connectivity index (χ0v) is 20.2. The Labute approximate surface area is 207 Å². The third-order valence-corrected chi connectivity index (χ3v) is 6.51. The van der Waals surface area contributed by atoms with E-state index < -0.39 is 10.8 Å². The summed E-state index contributed by atoms with van der Waals surface area (Å²) in [5.41, 5.74) is 1.30. The lowest BCUT2D eigenvalue weighted by Crippen LogP contribution is -2.41. The van der Waals surface area contributed by atoms with E-state index in [0.29, 0.717) is 27.2 Å². The number of thioether (sulfide) groups is 1. The number of amidine groups is 3. The number of hydrogen-bond acceptors (Lipinski definition) is 9. The van der Waals surface area contributed by atoms with Gasteiger partial charge in [0.1, 0.15) is 12.4 Å². The molecule has 0 aromatic heterocycles. The normalized spacial score (nSPS) is 16.3. The van der Waals surface area contributed by atoms with E-state index in [1.165, 1.54) is 42.0 Å². The molecule has 2 heterocycles. The Morgan fingerprint density at radius 3 is 2.71 bits per heavy atom. The fourth-order valence-corrected chi connectivity index (χ4v) is 4.86. The summed E-state index contributed by atoms with van der Waals surface area (Å²) in [6, 6.07) is 9.19. The fraction of sp³-hybridized carbons (Fsp3) is 0.143. The van der Waals surface area contributed by atoms with Crippen molar-refractivity contribution in [3.8, 4) is 11.5 Å². The second kappa shape index (κ2) is 9.87. The number of nitrogens with one attached hydrogen (secondary N) is 1. The van der Waals surface area contributed by atoms with Gasteiger partial charge in [0.15, 0.2) is 16.7 Å². The lowest BCUT2D eigenvalue weighted by Gasteiger charge is -2.24. The van der Waals surface area contributed by atoms with Crippen LogP contribution in [-0.4, -0.2) is 45.3 Å². The summed E-state index contributed by atoms with van der Waals surface area (Å²) in [6.07, 6.45) is 3.34. The van der Waals surface area contributed by atoms with E-state index in [2.05, 4.69) is 9.39 Å². The molecule has 0 fully saturated rings. The third-order valence-electron chi connectivity index (χ3n) is 4.77. The summed E-state index contributed by atoms with van der Waals surface area (Å²) in [4.78, 5) is 28.4. The zero-order chi connectivity index (χ0) is 24.4. The van der Waals surface area contributed by atoms with Crippen molar-refractivity contribution < 1.29 is 19.2 Å². The SMILES string of the molecule is COc1cc(/C=C2/C(=N)N3C(SC)=NSC3=NC2=O)cc(Cl)c1OCc1ccc([N+](=O)[O-])cc1. The number of nitro benzene ring substituents is 1. The molecular formula is C21H16ClN5O5S2. The highest BCUT2D eigenvalue weighted by Gasteiger charge is 2.37. The van der Waals surface area contributed by atoms with Gasteiger partial charge in [-0.2, -0.15) is 9.39 Å². The van der Waals surface area contributed by atoms with Gasteiger partial charge in [-0.3, -0.25) is 20.3 Å². The zero-order valence-electron chi connectivity index (χ0n) is 17.8. The van der Waals surface area contributed by atoms with Gasteiger partial charge in [-0.25, -0.2) is 4.90 Å². The van der Waals surface area contributed by atoms with Gasteiger partial charge >= 0.3 is 0 Å². The van der Waals surface area contributed by atoms with Gasteiger partial charge in [0.25, 0.3) is 11.6 Å². The summed E-state index contributed by atoms with van der Waals surface area (Å²) >= 11 is 8.85. The van der Waals surface area contributed by atoms with E-state index in [1.54, 1.807) is 24.3 Å². The Hall–Kier alpha value is -3.35. The van der Waals surface area contributed by atoms with Crippen LogP contribution in [-0.2, 0) is 11.4 Å². The van der Waals surface area contributed by atoms with Crippen molar-refractivity contribution in [2.75, 3.05) is 13.4 Å². The fourth-order valence-electron chi connectivity index (χ4n) is 3.13. The maximum Gasteiger partial charge on any atom is 0.283 e. The first kappa shape index (κ1) is 23.8. The van der Waals surface area contributed by atoms with Gasteiger partial charge in [-0.1, -0.05) is 23.4 Å². The molecule has 174 valence electrons. The molecule has 2 aliphatic rings. The average molecular weight is 518 g/mol. The van der Waals surface area contributed by atoms with Crippen LogP contribution in [0.25, 0.3) is 6.08 Å². The number of nitrogens with zero attached hydrogens (tertiary/aromatic N) is 4. The molecule has 2 aromatic rings. The van der Waals surface area contributed by atoms with E-state index in [9.17, 15) is 14.9 Å². The van der Waals surface area contributed by atoms with Crippen molar-refractivity contribution in [2.45, 2.75) is 6.61 Å². The molecule has 0 unspecified atom stereocenters. The van der Waals surface area contributed by atoms with Gasteiger partial charge in [0, 0.05) is 12.1 Å². The lowest BCUT2D eigenvalue weighted by molar-refractivity contribution is -0.384. The monoisotopic (exact) mass is 517 g/mol. The minimum Gasteiger partial charge on any atom is -0.493 e. The minimum absolute atomic E-state index is 0.0144. The highest BCUT2D eigenvalue weighted by Crippen LogP contribution is 2.38. The first-order chi connectivity index (χ1) is 16.3. The maximum absolute atomic E-state index is 12.6. The number of halogens is 1. The van der Waals surface area contributed by atoms with Crippen molar-refractivity contribution in [2.24, 2.45) is 9.39 Å². The summed E-state index contributed by atoms with van der Waals surface area (Å²) in [6.45, 7) is 0.110. The number of methoxy groups -OCH3 is 1. The molecule has 34 heavy (non-hydrogen) atoms. The Balaban J connectivity index is 1.59. The van der Waals surface area contributed by atoms with Gasteiger partial charge in [0.05, 0.1) is 34.6 Å². The first-order valence-electron chi connectivity index (χ1n) is 9.58. The molecule has 0 bridgehead atoms. The Morgan fingerprint density at radius 1 is 1.32 bits per heavy atom. The summed E-state index contributed by atoms with van der Waals surface area (Å²) in [7, 11) is 1.45. The topological polar surface area (TPSA) is 130 Å². The molecule has 10 nitrogen and oxygen atoms in total. The van der Waals surface area contributed by atoms with Crippen molar-refractivity contribution >= 4 is 69.2 Å². The molecule has 1 N–H and O–H groups in total. The van der Waals surface area contributed by atoms with Gasteiger partial charge in [-0.15, -0.1) is 0 Å². The van der Waals surface area contributed by atoms with E-state index in [4.69, 9.17) is 26.5 Å². The van der Waals surface area contributed by atoms with E-state index in [0.717, 1.165) is 11.9 Å². The van der Waals surface area contributed by atoms with Crippen molar-refractivity contribution in [3.05, 3.63) is 68.2 Å². The van der Waals surface area contributed by atoms with E-state index >= 15 is 0 Å². The summed E-state index contributed by atoms with van der Waals surface area (Å²) in [5, 5.41) is 20.5. The van der Waals surface area contributed by atoms with Crippen LogP contribution in [0.5, 0.6) is 11.5 Å². The number of amides is 1. The highest BCUT2D eigenvalue weighted by molar-refractivity contribution is 8.18. The van der Waals surface area contributed by atoms with Crippen molar-refractivity contribution in [1.82, 2.24) is 4.90 Å². The molecule has 0 saturated heterocycles. The van der Waals surface area contributed by atoms with Gasteiger partial charge in [-0.05, 0) is 47.7 Å². The molecule has 0 saturated carbocycles. The number of ether oxygens (including phenoxy) is 2. The highest BCUT2D eigenvalue weighted by atomic mass is 35.5. The van der Waals surface area contributed by atoms with Gasteiger partial charge < -0.3 is 9.47 Å². The Kier molecular flexibility index (Phi) is 6.91. The molecule has 1 amide bonds. The molecule has 2 aliphatic heterocycles. The molecule has 0 radical (unpaired) electrons. The molecule has 2 aromatic carbocycles. The smallest absolute Gasteiger partial charge is 0.283 e. The van der Waals surface area contributed by atoms with Crippen LogP contribution in [0.3, 0.4) is 0 Å². The van der Waals surface area contributed by atoms with Gasteiger partial charge in [0.2, 0.25) is 5.17 Å². The Bertz CT molecular complexity index is 1290. The summed E-state index contributed by atoms with van der Waals surface area (Å²) < 4.78 is 15.4. The van der Waals surface area contributed by atoms with Crippen LogP contribution >= 0.6 is 35.3 Å². The number of hydrogen-bond donors (Lipinski definition) is 1. The van der Waals surface area contributed by atoms with Crippen molar-refractivity contribution in [1.29, 1.82) is 5.41 Å². The van der Waals surface area contributed by atoms with Crippen LogP contribution in [0.1, 0.15) is 11.1 Å². The van der Waals surface area contributed by atoms with Crippen LogP contribution in [0.15, 0.2) is 51.4 Å². The van der Waals surface area contributed by atoms with E-state index in [-0.39, 0.29) is 34.5 Å². The number of benzene rings is 2. The summed E-state index contributed by atoms with van der Waals surface area (Å²) in [5.74, 6) is 0.0303. The predicted molar refractivity (Wildman–Crippen MR) is 134 cm³/mol. The minimum atomic E-state index is -0.546. The van der Waals surface area contributed by atoms with Crippen LogP contribution in [0, 0.1) is 15.5 Å². The largest absolute Gasteiger partial charge is 0.493 e. The maximum atomic E-state index is 12.6. The lowest BCUT2D eigenvalue weighted by atomic mass is 10.1.